The lowest BCUT2D eigenvalue weighted by Gasteiger charge is -2.41. The lowest BCUT2D eigenvalue weighted by Crippen LogP contribution is -2.67. The number of urea groups is 1. The van der Waals surface area contributed by atoms with E-state index in [9.17, 15) is 35.4 Å². The van der Waals surface area contributed by atoms with E-state index in [-0.39, 0.29) is 5.84 Å². The minimum absolute atomic E-state index is 0.137. The molecule has 3 aliphatic heterocycles. The Morgan fingerprint density at radius 3 is 1.77 bits per heavy atom. The number of amidine groups is 1. The Hall–Kier alpha value is -1.48. The lowest BCUT2D eigenvalue weighted by molar-refractivity contribution is -0.903. The fourth-order valence-corrected chi connectivity index (χ4v) is 3.50. The van der Waals surface area contributed by atoms with Crippen molar-refractivity contribution < 1.29 is 49.4 Å². The number of nitrogens with two attached hydrogens (primary N) is 1. The number of rotatable bonds is 4. The van der Waals surface area contributed by atoms with E-state index in [1.165, 1.54) is 12.3 Å². The number of aliphatic hydroxyl groups is 6. The fraction of sp³-hybridized carbons (Fsp3) is 0.714. The molecule has 9 atom stereocenters. The van der Waals surface area contributed by atoms with Gasteiger partial charge in [0.1, 0.15) is 36.5 Å². The van der Waals surface area contributed by atoms with Crippen molar-refractivity contribution in [3.63, 3.8) is 0 Å². The van der Waals surface area contributed by atoms with E-state index >= 15 is 0 Å². The molecule has 0 aliphatic carbocycles. The molecule has 0 aromatic rings. The van der Waals surface area contributed by atoms with Gasteiger partial charge in [-0.15, -0.1) is 4.99 Å². The number of hydrogen-bond acceptors (Lipinski definition) is 10. The van der Waals surface area contributed by atoms with Gasteiger partial charge in [-0.25, -0.2) is 4.79 Å². The maximum Gasteiger partial charge on any atom is 0.453 e. The summed E-state index contributed by atoms with van der Waals surface area (Å²) < 4.78 is 9.84. The first-order valence-corrected chi connectivity index (χ1v) is 7.98. The summed E-state index contributed by atoms with van der Waals surface area (Å²) in [6, 6.07) is -0.977. The molecule has 2 saturated heterocycles. The molecule has 12 nitrogen and oxygen atoms in total. The van der Waals surface area contributed by atoms with Gasteiger partial charge in [-0.05, 0) is 0 Å². The second-order valence-corrected chi connectivity index (χ2v) is 6.43. The molecule has 26 heavy (non-hydrogen) atoms. The van der Waals surface area contributed by atoms with Gasteiger partial charge in [0.05, 0.1) is 13.2 Å². The van der Waals surface area contributed by atoms with Crippen molar-refractivity contribution >= 4 is 11.9 Å². The zero-order chi connectivity index (χ0) is 19.2. The van der Waals surface area contributed by atoms with Crippen molar-refractivity contribution in [2.75, 3.05) is 13.2 Å². The SMILES string of the molecule is NC1=NC(=O)[N+](C2O[C@H](CO)[C@@H](O)[C@@H]2O)([C@@H]2O[C@H](CO)[C@@H](O)[C@H]2O)C=C1. The van der Waals surface area contributed by atoms with Crippen LogP contribution in [0.3, 0.4) is 0 Å². The third-order valence-electron chi connectivity index (χ3n) is 4.92. The topological polar surface area (TPSA) is 195 Å². The summed E-state index contributed by atoms with van der Waals surface area (Å²) in [5, 5.41) is 59.4. The third kappa shape index (κ3) is 2.67. The largest absolute Gasteiger partial charge is 0.453 e. The first kappa shape index (κ1) is 19.3. The average molecular weight is 376 g/mol. The molecular formula is C14H22N3O9+. The normalized spacial score (nSPS) is 48.8. The van der Waals surface area contributed by atoms with Gasteiger partial charge >= 0.3 is 6.03 Å². The first-order chi connectivity index (χ1) is 12.3. The molecule has 3 rings (SSSR count). The molecule has 2 unspecified atom stereocenters. The molecular weight excluding hydrogens is 354 g/mol. The minimum Gasteiger partial charge on any atom is -0.394 e. The van der Waals surface area contributed by atoms with Crippen molar-refractivity contribution in [3.8, 4) is 0 Å². The molecule has 2 fully saturated rings. The predicted molar refractivity (Wildman–Crippen MR) is 81.9 cm³/mol. The van der Waals surface area contributed by atoms with Crippen molar-refractivity contribution in [2.24, 2.45) is 10.7 Å². The molecule has 3 aliphatic rings. The minimum atomic E-state index is -1.64. The molecule has 12 heteroatoms. The molecule has 0 radical (unpaired) electrons. The summed E-state index contributed by atoms with van der Waals surface area (Å²) in [6.45, 7) is -1.26. The highest BCUT2D eigenvalue weighted by Crippen LogP contribution is 2.39. The Labute approximate surface area is 147 Å². The molecule has 8 N–H and O–H groups in total. The smallest absolute Gasteiger partial charge is 0.394 e. The number of aliphatic hydroxyl groups excluding tert-OH is 6. The summed E-state index contributed by atoms with van der Waals surface area (Å²) in [5.74, 6) is -0.137. The highest BCUT2D eigenvalue weighted by atomic mass is 16.6. The van der Waals surface area contributed by atoms with Gasteiger partial charge in [0.15, 0.2) is 12.2 Å². The van der Waals surface area contributed by atoms with Gasteiger partial charge in [0.25, 0.3) is 0 Å². The van der Waals surface area contributed by atoms with Crippen LogP contribution in [0.2, 0.25) is 0 Å². The van der Waals surface area contributed by atoms with E-state index in [0.717, 1.165) is 0 Å². The van der Waals surface area contributed by atoms with E-state index in [2.05, 4.69) is 4.99 Å². The van der Waals surface area contributed by atoms with Crippen molar-refractivity contribution in [1.29, 1.82) is 0 Å². The van der Waals surface area contributed by atoms with Gasteiger partial charge in [0, 0.05) is 6.08 Å². The van der Waals surface area contributed by atoms with Crippen LogP contribution in [0.15, 0.2) is 17.3 Å². The van der Waals surface area contributed by atoms with Crippen molar-refractivity contribution in [1.82, 2.24) is 0 Å². The van der Waals surface area contributed by atoms with E-state index in [1.807, 2.05) is 0 Å². The number of carbonyl (C=O) groups excluding carboxylic acids is 1. The van der Waals surface area contributed by atoms with Gasteiger partial charge in [-0.1, -0.05) is 0 Å². The Bertz CT molecular complexity index is 597. The summed E-state index contributed by atoms with van der Waals surface area (Å²) in [5.41, 5.74) is 5.52. The number of amides is 2. The van der Waals surface area contributed by atoms with Crippen LogP contribution < -0.4 is 5.73 Å². The lowest BCUT2D eigenvalue weighted by atomic mass is 10.1. The van der Waals surface area contributed by atoms with Crippen LogP contribution in [-0.2, 0) is 9.47 Å². The van der Waals surface area contributed by atoms with E-state index in [0.29, 0.717) is 0 Å². The van der Waals surface area contributed by atoms with Gasteiger partial charge in [-0.2, -0.15) is 4.48 Å². The monoisotopic (exact) mass is 376 g/mol. The van der Waals surface area contributed by atoms with Crippen molar-refractivity contribution in [3.05, 3.63) is 12.3 Å². The van der Waals surface area contributed by atoms with Crippen LogP contribution in [-0.4, -0.2) is 109 Å². The Balaban J connectivity index is 2.06. The Morgan fingerprint density at radius 2 is 1.42 bits per heavy atom. The van der Waals surface area contributed by atoms with Crippen LogP contribution in [0.5, 0.6) is 0 Å². The summed E-state index contributed by atoms with van der Waals surface area (Å²) >= 11 is 0. The number of aliphatic imine (C=N–C) groups is 1. The fourth-order valence-electron chi connectivity index (χ4n) is 3.50. The van der Waals surface area contributed by atoms with Gasteiger partial charge in [-0.3, -0.25) is 0 Å². The third-order valence-corrected chi connectivity index (χ3v) is 4.92. The van der Waals surface area contributed by atoms with E-state index in [4.69, 9.17) is 15.2 Å². The maximum absolute atomic E-state index is 12.8. The van der Waals surface area contributed by atoms with Gasteiger partial charge < -0.3 is 45.8 Å². The number of nitrogens with zero attached hydrogens (tertiary/aromatic N) is 2. The van der Waals surface area contributed by atoms with Crippen LogP contribution in [0.25, 0.3) is 0 Å². The standard InChI is InChI=1S/C14H21N3O9/c15-7-1-2-17(14(24)16-7,12-10(22)8(20)5(3-18)25-12)13-11(23)9(21)6(4-19)26-13/h1-2,5-6,8-13,18-23H,3-4H2,(H-,15,16,24)/p+1/t5-,6-,8-,9-,10-,11+,12-,13?,17?/m1/s1. The number of ether oxygens (including phenoxy) is 2. The quantitative estimate of drug-likeness (QED) is 0.236. The van der Waals surface area contributed by atoms with Crippen LogP contribution in [0, 0.1) is 0 Å². The summed E-state index contributed by atoms with van der Waals surface area (Å²) in [6.07, 6.45) is -9.30. The number of carbonyl (C=O) groups is 1. The molecule has 0 aromatic carbocycles. The second-order valence-electron chi connectivity index (χ2n) is 6.43. The molecule has 0 bridgehead atoms. The van der Waals surface area contributed by atoms with Crippen LogP contribution >= 0.6 is 0 Å². The van der Waals surface area contributed by atoms with Crippen molar-refractivity contribution in [2.45, 2.75) is 49.1 Å². The maximum atomic E-state index is 12.8. The van der Waals surface area contributed by atoms with Gasteiger partial charge in [0.2, 0.25) is 12.5 Å². The summed E-state index contributed by atoms with van der Waals surface area (Å²) in [4.78, 5) is 16.4. The number of quaternary nitrogens is 1. The van der Waals surface area contributed by atoms with E-state index in [1.54, 1.807) is 0 Å². The van der Waals surface area contributed by atoms with Crippen LogP contribution in [0.4, 0.5) is 4.79 Å². The molecule has 2 amide bonds. The highest BCUT2D eigenvalue weighted by Gasteiger charge is 2.66. The zero-order valence-corrected chi connectivity index (χ0v) is 13.6. The van der Waals surface area contributed by atoms with Crippen LogP contribution in [0.1, 0.15) is 0 Å². The highest BCUT2D eigenvalue weighted by molar-refractivity contribution is 5.99. The summed E-state index contributed by atoms with van der Waals surface area (Å²) in [7, 11) is 0. The van der Waals surface area contributed by atoms with E-state index < -0.39 is 72.8 Å². The molecule has 146 valence electrons. The predicted octanol–water partition coefficient (Wildman–Crippen LogP) is -4.31. The first-order valence-electron chi connectivity index (χ1n) is 7.98. The average Bonchev–Trinajstić information content (AvgIpc) is 3.07. The second kappa shape index (κ2) is 6.92. The molecule has 3 heterocycles. The molecule has 0 saturated carbocycles. The zero-order valence-electron chi connectivity index (χ0n) is 13.6. The Morgan fingerprint density at radius 1 is 0.962 bits per heavy atom. The Kier molecular flexibility index (Phi) is 5.13. The molecule has 0 aromatic heterocycles. The molecule has 0 spiro atoms. The number of hydrogen-bond donors (Lipinski definition) is 7.